The van der Waals surface area contributed by atoms with Gasteiger partial charge >= 0.3 is 0 Å². The van der Waals surface area contributed by atoms with E-state index in [1.807, 2.05) is 0 Å². The number of fused-ring (bicyclic) bond motifs is 1. The Morgan fingerprint density at radius 2 is 2.19 bits per heavy atom. The zero-order valence-corrected chi connectivity index (χ0v) is 13.5. The van der Waals surface area contributed by atoms with Crippen molar-refractivity contribution < 1.29 is 4.74 Å². The van der Waals surface area contributed by atoms with Crippen LogP contribution >= 0.6 is 0 Å². The highest BCUT2D eigenvalue weighted by Crippen LogP contribution is 2.35. The van der Waals surface area contributed by atoms with Crippen molar-refractivity contribution >= 4 is 0 Å². The molecule has 2 saturated heterocycles. The Kier molecular flexibility index (Phi) is 4.51. The lowest BCUT2D eigenvalue weighted by Crippen LogP contribution is -2.34. The Morgan fingerprint density at radius 1 is 1.33 bits per heavy atom. The summed E-state index contributed by atoms with van der Waals surface area (Å²) in [5.41, 5.74) is 1.37. The Labute approximate surface area is 128 Å². The quantitative estimate of drug-likeness (QED) is 0.901. The Morgan fingerprint density at radius 3 is 2.95 bits per heavy atom. The first kappa shape index (κ1) is 14.9. The lowest BCUT2D eigenvalue weighted by atomic mass is 9.93. The number of rotatable bonds is 5. The van der Waals surface area contributed by atoms with Gasteiger partial charge in [-0.2, -0.15) is 0 Å². The number of nitrogens with zero attached hydrogens (tertiary/aromatic N) is 1. The third kappa shape index (κ3) is 3.24. The first-order chi connectivity index (χ1) is 10.2. The van der Waals surface area contributed by atoms with Crippen molar-refractivity contribution in [1.82, 2.24) is 10.2 Å². The molecule has 0 bridgehead atoms. The van der Waals surface area contributed by atoms with Gasteiger partial charge in [0.05, 0.1) is 6.10 Å². The zero-order chi connectivity index (χ0) is 14.8. The molecular formula is C18H28N2O. The Hall–Kier alpha value is -1.06. The van der Waals surface area contributed by atoms with Crippen LogP contribution in [-0.4, -0.2) is 36.7 Å². The van der Waals surface area contributed by atoms with Crippen molar-refractivity contribution in [3.8, 4) is 5.75 Å². The molecule has 0 aliphatic carbocycles. The van der Waals surface area contributed by atoms with Gasteiger partial charge in [0.15, 0.2) is 0 Å². The van der Waals surface area contributed by atoms with Crippen LogP contribution in [0.5, 0.6) is 5.75 Å². The summed E-state index contributed by atoms with van der Waals surface area (Å²) in [6.07, 6.45) is 1.49. The molecule has 3 nitrogen and oxygen atoms in total. The molecule has 1 aromatic carbocycles. The summed E-state index contributed by atoms with van der Waals surface area (Å²) in [7, 11) is 0. The van der Waals surface area contributed by atoms with Gasteiger partial charge in [0.25, 0.3) is 0 Å². The van der Waals surface area contributed by atoms with Crippen molar-refractivity contribution in [2.45, 2.75) is 45.9 Å². The van der Waals surface area contributed by atoms with Crippen LogP contribution in [0, 0.1) is 11.8 Å². The SMILES string of the molecule is CCC1C2CNCC2CN1Cc1cccc(OC(C)C)c1. The van der Waals surface area contributed by atoms with Crippen LogP contribution in [0.25, 0.3) is 0 Å². The highest BCUT2D eigenvalue weighted by molar-refractivity contribution is 5.29. The molecule has 2 fully saturated rings. The average Bonchev–Trinajstić information content (AvgIpc) is 2.98. The zero-order valence-electron chi connectivity index (χ0n) is 13.5. The second kappa shape index (κ2) is 6.37. The van der Waals surface area contributed by atoms with E-state index < -0.39 is 0 Å². The number of likely N-dealkylation sites (tertiary alicyclic amines) is 1. The number of hydrogen-bond donors (Lipinski definition) is 1. The minimum Gasteiger partial charge on any atom is -0.491 e. The molecular weight excluding hydrogens is 260 g/mol. The molecule has 0 radical (unpaired) electrons. The average molecular weight is 288 g/mol. The maximum Gasteiger partial charge on any atom is 0.120 e. The predicted molar refractivity (Wildman–Crippen MR) is 86.5 cm³/mol. The topological polar surface area (TPSA) is 24.5 Å². The summed E-state index contributed by atoms with van der Waals surface area (Å²) in [5.74, 6) is 2.70. The van der Waals surface area contributed by atoms with Gasteiger partial charge in [0.2, 0.25) is 0 Å². The van der Waals surface area contributed by atoms with Crippen LogP contribution in [0.4, 0.5) is 0 Å². The summed E-state index contributed by atoms with van der Waals surface area (Å²) in [6.45, 7) is 11.2. The van der Waals surface area contributed by atoms with Gasteiger partial charge in [-0.1, -0.05) is 19.1 Å². The molecule has 2 aliphatic heterocycles. The van der Waals surface area contributed by atoms with Crippen molar-refractivity contribution in [3.05, 3.63) is 29.8 Å². The molecule has 116 valence electrons. The maximum atomic E-state index is 5.82. The molecule has 3 atom stereocenters. The summed E-state index contributed by atoms with van der Waals surface area (Å²) in [5, 5.41) is 3.56. The smallest absolute Gasteiger partial charge is 0.120 e. The Balaban J connectivity index is 1.68. The largest absolute Gasteiger partial charge is 0.491 e. The maximum absolute atomic E-state index is 5.82. The van der Waals surface area contributed by atoms with Crippen LogP contribution in [0.2, 0.25) is 0 Å². The van der Waals surface area contributed by atoms with Crippen LogP contribution in [-0.2, 0) is 6.54 Å². The molecule has 2 heterocycles. The summed E-state index contributed by atoms with van der Waals surface area (Å²) in [6, 6.07) is 9.35. The second-order valence-corrected chi connectivity index (χ2v) is 6.80. The fourth-order valence-electron chi connectivity index (χ4n) is 4.08. The Bertz CT molecular complexity index is 474. The molecule has 0 spiro atoms. The van der Waals surface area contributed by atoms with E-state index in [2.05, 4.69) is 55.3 Å². The molecule has 1 aromatic rings. The van der Waals surface area contributed by atoms with E-state index in [1.54, 1.807) is 0 Å². The van der Waals surface area contributed by atoms with Gasteiger partial charge in [-0.3, -0.25) is 4.90 Å². The van der Waals surface area contributed by atoms with Crippen molar-refractivity contribution in [2.75, 3.05) is 19.6 Å². The normalized spacial score (nSPS) is 29.0. The van der Waals surface area contributed by atoms with Gasteiger partial charge in [0, 0.05) is 19.1 Å². The van der Waals surface area contributed by atoms with E-state index in [0.29, 0.717) is 0 Å². The lowest BCUT2D eigenvalue weighted by molar-refractivity contribution is 0.209. The fraction of sp³-hybridized carbons (Fsp3) is 0.667. The van der Waals surface area contributed by atoms with Gasteiger partial charge in [0.1, 0.15) is 5.75 Å². The van der Waals surface area contributed by atoms with Crippen LogP contribution in [0.15, 0.2) is 24.3 Å². The second-order valence-electron chi connectivity index (χ2n) is 6.80. The van der Waals surface area contributed by atoms with E-state index in [9.17, 15) is 0 Å². The summed E-state index contributed by atoms with van der Waals surface area (Å²) in [4.78, 5) is 2.69. The highest BCUT2D eigenvalue weighted by atomic mass is 16.5. The van der Waals surface area contributed by atoms with E-state index in [1.165, 1.54) is 31.6 Å². The predicted octanol–water partition coefficient (Wildman–Crippen LogP) is 2.90. The van der Waals surface area contributed by atoms with Crippen LogP contribution in [0.3, 0.4) is 0 Å². The van der Waals surface area contributed by atoms with E-state index in [0.717, 1.165) is 30.2 Å². The summed E-state index contributed by atoms with van der Waals surface area (Å²) < 4.78 is 5.82. The molecule has 0 amide bonds. The molecule has 0 saturated carbocycles. The van der Waals surface area contributed by atoms with Crippen LogP contribution < -0.4 is 10.1 Å². The number of ether oxygens (including phenoxy) is 1. The molecule has 1 N–H and O–H groups in total. The number of nitrogens with one attached hydrogen (secondary N) is 1. The van der Waals surface area contributed by atoms with Crippen LogP contribution in [0.1, 0.15) is 32.8 Å². The van der Waals surface area contributed by atoms with E-state index in [4.69, 9.17) is 4.74 Å². The summed E-state index contributed by atoms with van der Waals surface area (Å²) >= 11 is 0. The van der Waals surface area contributed by atoms with Gasteiger partial charge in [-0.05, 0) is 62.9 Å². The standard InChI is InChI=1S/C18H28N2O/c1-4-18-17-10-19-9-15(17)12-20(18)11-14-6-5-7-16(8-14)21-13(2)3/h5-8,13,15,17-19H,4,9-12H2,1-3H3. The van der Waals surface area contributed by atoms with Crippen molar-refractivity contribution in [1.29, 1.82) is 0 Å². The van der Waals surface area contributed by atoms with Gasteiger partial charge in [-0.15, -0.1) is 0 Å². The first-order valence-electron chi connectivity index (χ1n) is 8.37. The molecule has 3 heteroatoms. The molecule has 3 unspecified atom stereocenters. The third-order valence-electron chi connectivity index (χ3n) is 4.90. The first-order valence-corrected chi connectivity index (χ1v) is 8.37. The van der Waals surface area contributed by atoms with E-state index >= 15 is 0 Å². The molecule has 3 rings (SSSR count). The van der Waals surface area contributed by atoms with Crippen molar-refractivity contribution in [2.24, 2.45) is 11.8 Å². The van der Waals surface area contributed by atoms with Gasteiger partial charge in [-0.25, -0.2) is 0 Å². The highest BCUT2D eigenvalue weighted by Gasteiger charge is 2.42. The van der Waals surface area contributed by atoms with Gasteiger partial charge < -0.3 is 10.1 Å². The minimum atomic E-state index is 0.237. The molecule has 21 heavy (non-hydrogen) atoms. The third-order valence-corrected chi connectivity index (χ3v) is 4.90. The fourth-order valence-corrected chi connectivity index (χ4v) is 4.08. The lowest BCUT2D eigenvalue weighted by Gasteiger charge is -2.27. The number of hydrogen-bond acceptors (Lipinski definition) is 3. The minimum absolute atomic E-state index is 0.237. The molecule has 2 aliphatic rings. The molecule has 0 aromatic heterocycles. The van der Waals surface area contributed by atoms with E-state index in [-0.39, 0.29) is 6.10 Å². The number of benzene rings is 1. The van der Waals surface area contributed by atoms with Crippen molar-refractivity contribution in [3.63, 3.8) is 0 Å². The monoisotopic (exact) mass is 288 g/mol.